The zero-order valence-corrected chi connectivity index (χ0v) is 11.1. The van der Waals surface area contributed by atoms with Gasteiger partial charge in [0.15, 0.2) is 0 Å². The van der Waals surface area contributed by atoms with Crippen LogP contribution in [0.3, 0.4) is 0 Å². The van der Waals surface area contributed by atoms with Crippen LogP contribution in [-0.4, -0.2) is 32.3 Å². The van der Waals surface area contributed by atoms with E-state index < -0.39 is 0 Å². The Labute approximate surface area is 108 Å². The standard InChI is InChI=1S/C14H21NO3/c1-3-14(16)18-11-10-17-9-8-15-13-7-5-4-6-12(13)2/h4-7,15H,3,8-11H2,1-2H3. The lowest BCUT2D eigenvalue weighted by atomic mass is 10.2. The summed E-state index contributed by atoms with van der Waals surface area (Å²) < 4.78 is 10.2. The average Bonchev–Trinajstić information content (AvgIpc) is 2.39. The van der Waals surface area contributed by atoms with Crippen LogP contribution >= 0.6 is 0 Å². The zero-order valence-electron chi connectivity index (χ0n) is 11.1. The Morgan fingerprint density at radius 2 is 2.00 bits per heavy atom. The van der Waals surface area contributed by atoms with Crippen molar-refractivity contribution in [3.63, 3.8) is 0 Å². The van der Waals surface area contributed by atoms with E-state index in [0.717, 1.165) is 12.2 Å². The molecule has 18 heavy (non-hydrogen) atoms. The summed E-state index contributed by atoms with van der Waals surface area (Å²) in [6.07, 6.45) is 0.412. The third kappa shape index (κ3) is 5.68. The topological polar surface area (TPSA) is 47.6 Å². The van der Waals surface area contributed by atoms with Gasteiger partial charge in [0.25, 0.3) is 0 Å². The Morgan fingerprint density at radius 1 is 1.22 bits per heavy atom. The molecule has 0 radical (unpaired) electrons. The highest BCUT2D eigenvalue weighted by atomic mass is 16.6. The van der Waals surface area contributed by atoms with Gasteiger partial charge in [-0.2, -0.15) is 0 Å². The minimum Gasteiger partial charge on any atom is -0.463 e. The van der Waals surface area contributed by atoms with Crippen molar-refractivity contribution in [2.75, 3.05) is 31.7 Å². The molecule has 0 bridgehead atoms. The molecule has 0 aliphatic carbocycles. The Hall–Kier alpha value is -1.55. The Kier molecular flexibility index (Phi) is 6.87. The maximum atomic E-state index is 10.8. The van der Waals surface area contributed by atoms with Crippen molar-refractivity contribution in [3.8, 4) is 0 Å². The van der Waals surface area contributed by atoms with Gasteiger partial charge in [0.2, 0.25) is 0 Å². The van der Waals surface area contributed by atoms with Crippen LogP contribution in [0.2, 0.25) is 0 Å². The van der Waals surface area contributed by atoms with E-state index in [1.54, 1.807) is 6.92 Å². The smallest absolute Gasteiger partial charge is 0.305 e. The molecule has 0 aliphatic heterocycles. The molecular weight excluding hydrogens is 230 g/mol. The third-order valence-corrected chi connectivity index (χ3v) is 2.49. The molecule has 0 saturated carbocycles. The zero-order chi connectivity index (χ0) is 13.2. The number of hydrogen-bond acceptors (Lipinski definition) is 4. The number of rotatable bonds is 8. The van der Waals surface area contributed by atoms with Crippen LogP contribution in [0, 0.1) is 6.92 Å². The lowest BCUT2D eigenvalue weighted by molar-refractivity contribution is -0.144. The van der Waals surface area contributed by atoms with Crippen LogP contribution in [0.25, 0.3) is 0 Å². The van der Waals surface area contributed by atoms with Gasteiger partial charge in [-0.3, -0.25) is 4.79 Å². The number of nitrogens with one attached hydrogen (secondary N) is 1. The van der Waals surface area contributed by atoms with Crippen molar-refractivity contribution >= 4 is 11.7 Å². The van der Waals surface area contributed by atoms with Gasteiger partial charge in [-0.25, -0.2) is 0 Å². The molecule has 0 fully saturated rings. The minimum absolute atomic E-state index is 0.184. The number of carbonyl (C=O) groups excluding carboxylic acids is 1. The van der Waals surface area contributed by atoms with Crippen LogP contribution in [-0.2, 0) is 14.3 Å². The lowest BCUT2D eigenvalue weighted by Gasteiger charge is -2.09. The summed E-state index contributed by atoms with van der Waals surface area (Å²) in [7, 11) is 0. The van der Waals surface area contributed by atoms with Gasteiger partial charge in [0.05, 0.1) is 13.2 Å². The number of ether oxygens (including phenoxy) is 2. The van der Waals surface area contributed by atoms with Gasteiger partial charge >= 0.3 is 5.97 Å². The van der Waals surface area contributed by atoms with Gasteiger partial charge in [-0.15, -0.1) is 0 Å². The molecule has 1 N–H and O–H groups in total. The monoisotopic (exact) mass is 251 g/mol. The van der Waals surface area contributed by atoms with Gasteiger partial charge in [-0.1, -0.05) is 25.1 Å². The summed E-state index contributed by atoms with van der Waals surface area (Å²) in [4.78, 5) is 10.8. The van der Waals surface area contributed by atoms with Gasteiger partial charge < -0.3 is 14.8 Å². The summed E-state index contributed by atoms with van der Waals surface area (Å²) in [5.74, 6) is -0.184. The van der Waals surface area contributed by atoms with Crippen molar-refractivity contribution in [3.05, 3.63) is 29.8 Å². The number of aryl methyl sites for hydroxylation is 1. The normalized spacial score (nSPS) is 10.1. The molecule has 0 aromatic heterocycles. The largest absolute Gasteiger partial charge is 0.463 e. The Bertz CT molecular complexity index is 366. The van der Waals surface area contributed by atoms with Crippen LogP contribution in [0.1, 0.15) is 18.9 Å². The van der Waals surface area contributed by atoms with E-state index in [1.807, 2.05) is 18.2 Å². The predicted octanol–water partition coefficient (Wildman–Crippen LogP) is 2.38. The molecule has 0 aliphatic rings. The maximum absolute atomic E-state index is 10.8. The average molecular weight is 251 g/mol. The SMILES string of the molecule is CCC(=O)OCCOCCNc1ccccc1C. The fraction of sp³-hybridized carbons (Fsp3) is 0.500. The van der Waals surface area contributed by atoms with Crippen LogP contribution in [0.5, 0.6) is 0 Å². The molecule has 1 aromatic rings. The molecule has 0 unspecified atom stereocenters. The van der Waals surface area contributed by atoms with E-state index in [9.17, 15) is 4.79 Å². The fourth-order valence-electron chi connectivity index (χ4n) is 1.45. The second kappa shape index (κ2) is 8.53. The van der Waals surface area contributed by atoms with Crippen LogP contribution in [0.15, 0.2) is 24.3 Å². The molecule has 0 saturated heterocycles. The molecule has 100 valence electrons. The molecule has 0 spiro atoms. The number of benzene rings is 1. The van der Waals surface area contributed by atoms with Crippen molar-refractivity contribution in [1.82, 2.24) is 0 Å². The number of carbonyl (C=O) groups is 1. The molecule has 0 atom stereocenters. The Morgan fingerprint density at radius 3 is 2.72 bits per heavy atom. The Balaban J connectivity index is 2.02. The number of anilines is 1. The van der Waals surface area contributed by atoms with Crippen molar-refractivity contribution < 1.29 is 14.3 Å². The molecule has 1 aromatic carbocycles. The predicted molar refractivity (Wildman–Crippen MR) is 71.7 cm³/mol. The summed E-state index contributed by atoms with van der Waals surface area (Å²) in [5, 5.41) is 3.29. The summed E-state index contributed by atoms with van der Waals surface area (Å²) in [6.45, 7) is 5.95. The molecule has 1 rings (SSSR count). The highest BCUT2D eigenvalue weighted by Gasteiger charge is 1.98. The summed E-state index contributed by atoms with van der Waals surface area (Å²) >= 11 is 0. The lowest BCUT2D eigenvalue weighted by Crippen LogP contribution is -2.14. The fourth-order valence-corrected chi connectivity index (χ4v) is 1.45. The van der Waals surface area contributed by atoms with E-state index >= 15 is 0 Å². The van der Waals surface area contributed by atoms with Gasteiger partial charge in [0.1, 0.15) is 6.61 Å². The second-order valence-electron chi connectivity index (χ2n) is 3.93. The third-order valence-electron chi connectivity index (χ3n) is 2.49. The maximum Gasteiger partial charge on any atom is 0.305 e. The minimum atomic E-state index is -0.184. The van der Waals surface area contributed by atoms with Crippen LogP contribution < -0.4 is 5.32 Å². The van der Waals surface area contributed by atoms with Crippen molar-refractivity contribution in [2.24, 2.45) is 0 Å². The first-order chi connectivity index (χ1) is 8.74. The molecule has 0 amide bonds. The van der Waals surface area contributed by atoms with Crippen LogP contribution in [0.4, 0.5) is 5.69 Å². The first-order valence-corrected chi connectivity index (χ1v) is 6.27. The molecular formula is C14H21NO3. The van der Waals surface area contributed by atoms with Crippen molar-refractivity contribution in [1.29, 1.82) is 0 Å². The van der Waals surface area contributed by atoms with E-state index in [4.69, 9.17) is 9.47 Å². The molecule has 4 nitrogen and oxygen atoms in total. The number of para-hydroxylation sites is 1. The van der Waals surface area contributed by atoms with Crippen molar-refractivity contribution in [2.45, 2.75) is 20.3 Å². The highest BCUT2D eigenvalue weighted by Crippen LogP contribution is 2.12. The summed E-state index contributed by atoms with van der Waals surface area (Å²) in [6, 6.07) is 8.12. The first kappa shape index (κ1) is 14.5. The quantitative estimate of drug-likeness (QED) is 0.569. The first-order valence-electron chi connectivity index (χ1n) is 6.27. The number of esters is 1. The summed E-state index contributed by atoms with van der Waals surface area (Å²) in [5.41, 5.74) is 2.34. The van der Waals surface area contributed by atoms with E-state index in [1.165, 1.54) is 5.56 Å². The number of hydrogen-bond donors (Lipinski definition) is 1. The van der Waals surface area contributed by atoms with Gasteiger partial charge in [-0.05, 0) is 18.6 Å². The highest BCUT2D eigenvalue weighted by molar-refractivity contribution is 5.68. The second-order valence-corrected chi connectivity index (χ2v) is 3.93. The van der Waals surface area contributed by atoms with Gasteiger partial charge in [0, 0.05) is 18.7 Å². The van der Waals surface area contributed by atoms with E-state index in [-0.39, 0.29) is 5.97 Å². The molecule has 4 heteroatoms. The van der Waals surface area contributed by atoms with E-state index in [2.05, 4.69) is 18.3 Å². The molecule has 0 heterocycles. The van der Waals surface area contributed by atoms with E-state index in [0.29, 0.717) is 26.2 Å².